The highest BCUT2D eigenvalue weighted by Crippen LogP contribution is 2.19. The van der Waals surface area contributed by atoms with E-state index in [1.54, 1.807) is 16.9 Å². The van der Waals surface area contributed by atoms with E-state index in [4.69, 9.17) is 5.84 Å². The van der Waals surface area contributed by atoms with Gasteiger partial charge in [-0.1, -0.05) is 6.07 Å². The van der Waals surface area contributed by atoms with Crippen LogP contribution in [0.3, 0.4) is 0 Å². The van der Waals surface area contributed by atoms with E-state index in [1.807, 2.05) is 20.0 Å². The molecule has 0 fully saturated rings. The number of hydrogen-bond acceptors (Lipinski definition) is 3. The molecule has 1 unspecified atom stereocenters. The summed E-state index contributed by atoms with van der Waals surface area (Å²) < 4.78 is 14.8. The third-order valence-corrected chi connectivity index (χ3v) is 3.15. The largest absolute Gasteiger partial charge is 0.271 e. The first-order valence-electron chi connectivity index (χ1n) is 5.81. The number of hydrogen-bond donors (Lipinski definition) is 2. The van der Waals surface area contributed by atoms with Crippen LogP contribution >= 0.6 is 0 Å². The highest BCUT2D eigenvalue weighted by atomic mass is 19.1. The number of aryl methyl sites for hydroxylation is 2. The number of nitrogens with one attached hydrogen (secondary N) is 1. The maximum Gasteiger partial charge on any atom is 0.123 e. The fourth-order valence-corrected chi connectivity index (χ4v) is 2.08. The monoisotopic (exact) mass is 248 g/mol. The normalized spacial score (nSPS) is 12.7. The fourth-order valence-electron chi connectivity index (χ4n) is 2.08. The molecule has 96 valence electrons. The van der Waals surface area contributed by atoms with E-state index >= 15 is 0 Å². The molecule has 0 spiro atoms. The molecular formula is C13H17FN4. The molecule has 0 aliphatic rings. The molecule has 1 heterocycles. The van der Waals surface area contributed by atoms with E-state index in [1.165, 1.54) is 12.1 Å². The second-order valence-corrected chi connectivity index (χ2v) is 4.37. The van der Waals surface area contributed by atoms with E-state index in [-0.39, 0.29) is 11.9 Å². The van der Waals surface area contributed by atoms with Crippen molar-refractivity contribution in [1.29, 1.82) is 0 Å². The molecule has 0 radical (unpaired) electrons. The van der Waals surface area contributed by atoms with Gasteiger partial charge < -0.3 is 0 Å². The number of aromatic nitrogens is 2. The molecule has 2 rings (SSSR count). The maximum atomic E-state index is 13.0. The lowest BCUT2D eigenvalue weighted by Gasteiger charge is -2.17. The Hall–Kier alpha value is -1.72. The second-order valence-electron chi connectivity index (χ2n) is 4.37. The minimum Gasteiger partial charge on any atom is -0.271 e. The van der Waals surface area contributed by atoms with Crippen molar-refractivity contribution in [2.24, 2.45) is 12.9 Å². The van der Waals surface area contributed by atoms with E-state index in [0.29, 0.717) is 6.42 Å². The minimum atomic E-state index is -0.214. The van der Waals surface area contributed by atoms with Crippen molar-refractivity contribution in [3.63, 3.8) is 0 Å². The summed E-state index contributed by atoms with van der Waals surface area (Å²) in [5.41, 5.74) is 5.78. The number of benzene rings is 1. The van der Waals surface area contributed by atoms with Gasteiger partial charge in [-0.05, 0) is 42.7 Å². The Labute approximate surface area is 106 Å². The summed E-state index contributed by atoms with van der Waals surface area (Å²) in [5.74, 6) is 5.38. The molecule has 1 aromatic carbocycles. The lowest BCUT2D eigenvalue weighted by atomic mass is 9.99. The Morgan fingerprint density at radius 3 is 2.78 bits per heavy atom. The summed E-state index contributed by atoms with van der Waals surface area (Å²) in [6, 6.07) is 6.68. The topological polar surface area (TPSA) is 55.9 Å². The van der Waals surface area contributed by atoms with Crippen LogP contribution in [-0.2, 0) is 13.5 Å². The van der Waals surface area contributed by atoms with Crippen molar-refractivity contribution in [3.8, 4) is 0 Å². The van der Waals surface area contributed by atoms with Crippen molar-refractivity contribution < 1.29 is 4.39 Å². The Morgan fingerprint density at radius 1 is 1.44 bits per heavy atom. The van der Waals surface area contributed by atoms with E-state index < -0.39 is 0 Å². The molecule has 0 aliphatic heterocycles. The molecular weight excluding hydrogens is 231 g/mol. The standard InChI is InChI=1S/C13H17FN4/c1-9-7-11(14)4-3-10(9)8-12(17-15)13-5-6-16-18(13)2/h3-7,12,17H,8,15H2,1-2H3. The molecule has 3 N–H and O–H groups in total. The molecule has 5 heteroatoms. The van der Waals surface area contributed by atoms with Crippen molar-refractivity contribution in [1.82, 2.24) is 15.2 Å². The van der Waals surface area contributed by atoms with Crippen molar-refractivity contribution in [3.05, 3.63) is 53.1 Å². The van der Waals surface area contributed by atoms with E-state index in [0.717, 1.165) is 16.8 Å². The number of rotatable bonds is 4. The summed E-state index contributed by atoms with van der Waals surface area (Å²) in [7, 11) is 1.87. The van der Waals surface area contributed by atoms with Crippen LogP contribution < -0.4 is 11.3 Å². The van der Waals surface area contributed by atoms with Gasteiger partial charge in [-0.3, -0.25) is 16.0 Å². The van der Waals surface area contributed by atoms with Crippen molar-refractivity contribution >= 4 is 0 Å². The molecule has 18 heavy (non-hydrogen) atoms. The van der Waals surface area contributed by atoms with Gasteiger partial charge in [0.05, 0.1) is 11.7 Å². The van der Waals surface area contributed by atoms with Crippen LogP contribution in [0.4, 0.5) is 4.39 Å². The summed E-state index contributed by atoms with van der Waals surface area (Å²) in [6.07, 6.45) is 2.43. The first-order valence-corrected chi connectivity index (χ1v) is 5.81. The van der Waals surface area contributed by atoms with Crippen LogP contribution in [0.1, 0.15) is 22.9 Å². The Morgan fingerprint density at radius 2 is 2.22 bits per heavy atom. The van der Waals surface area contributed by atoms with Gasteiger partial charge in [0.1, 0.15) is 5.82 Å². The lowest BCUT2D eigenvalue weighted by Crippen LogP contribution is -2.31. The van der Waals surface area contributed by atoms with Crippen LogP contribution in [0, 0.1) is 12.7 Å². The van der Waals surface area contributed by atoms with Gasteiger partial charge in [-0.15, -0.1) is 0 Å². The molecule has 4 nitrogen and oxygen atoms in total. The Kier molecular flexibility index (Phi) is 3.74. The number of halogens is 1. The van der Waals surface area contributed by atoms with Gasteiger partial charge >= 0.3 is 0 Å². The van der Waals surface area contributed by atoms with Crippen LogP contribution in [-0.4, -0.2) is 9.78 Å². The van der Waals surface area contributed by atoms with Gasteiger partial charge in [0.2, 0.25) is 0 Å². The van der Waals surface area contributed by atoms with Crippen molar-refractivity contribution in [2.45, 2.75) is 19.4 Å². The summed E-state index contributed by atoms with van der Waals surface area (Å²) in [4.78, 5) is 0. The molecule has 0 saturated carbocycles. The molecule has 0 amide bonds. The Balaban J connectivity index is 2.23. The second kappa shape index (κ2) is 5.29. The molecule has 0 aliphatic carbocycles. The smallest absolute Gasteiger partial charge is 0.123 e. The van der Waals surface area contributed by atoms with Gasteiger partial charge in [0.15, 0.2) is 0 Å². The SMILES string of the molecule is Cc1cc(F)ccc1CC(NN)c1ccnn1C. The zero-order valence-electron chi connectivity index (χ0n) is 10.5. The predicted octanol–water partition coefficient (Wildman–Crippen LogP) is 1.61. The fraction of sp³-hybridized carbons (Fsp3) is 0.308. The number of nitrogens with zero attached hydrogens (tertiary/aromatic N) is 2. The molecule has 0 bridgehead atoms. The van der Waals surface area contributed by atoms with Gasteiger partial charge in [-0.2, -0.15) is 5.10 Å². The quantitative estimate of drug-likeness (QED) is 0.638. The minimum absolute atomic E-state index is 0.0401. The maximum absolute atomic E-state index is 13.0. The third-order valence-electron chi connectivity index (χ3n) is 3.15. The summed E-state index contributed by atoms with van der Waals surface area (Å²) in [5, 5.41) is 4.12. The van der Waals surface area contributed by atoms with Crippen LogP contribution in [0.2, 0.25) is 0 Å². The molecule has 1 aromatic heterocycles. The number of hydrazine groups is 1. The molecule has 0 saturated heterocycles. The first kappa shape index (κ1) is 12.7. The van der Waals surface area contributed by atoms with Crippen molar-refractivity contribution in [2.75, 3.05) is 0 Å². The zero-order chi connectivity index (χ0) is 13.1. The highest BCUT2D eigenvalue weighted by Gasteiger charge is 2.15. The summed E-state index contributed by atoms with van der Waals surface area (Å²) in [6.45, 7) is 1.90. The highest BCUT2D eigenvalue weighted by molar-refractivity contribution is 5.28. The molecule has 1 atom stereocenters. The summed E-state index contributed by atoms with van der Waals surface area (Å²) >= 11 is 0. The average Bonchev–Trinajstić information content (AvgIpc) is 2.75. The van der Waals surface area contributed by atoms with Crippen LogP contribution in [0.5, 0.6) is 0 Å². The third kappa shape index (κ3) is 2.57. The van der Waals surface area contributed by atoms with E-state index in [2.05, 4.69) is 10.5 Å². The molecule has 2 aromatic rings. The van der Waals surface area contributed by atoms with E-state index in [9.17, 15) is 4.39 Å². The van der Waals surface area contributed by atoms with Gasteiger partial charge in [0, 0.05) is 13.2 Å². The van der Waals surface area contributed by atoms with Gasteiger partial charge in [-0.25, -0.2) is 4.39 Å². The van der Waals surface area contributed by atoms with Crippen LogP contribution in [0.25, 0.3) is 0 Å². The Bertz CT molecular complexity index is 536. The average molecular weight is 248 g/mol. The lowest BCUT2D eigenvalue weighted by molar-refractivity contribution is 0.507. The van der Waals surface area contributed by atoms with Crippen LogP contribution in [0.15, 0.2) is 30.5 Å². The number of nitrogens with two attached hydrogens (primary N) is 1. The zero-order valence-corrected chi connectivity index (χ0v) is 10.5. The predicted molar refractivity (Wildman–Crippen MR) is 68.1 cm³/mol. The first-order chi connectivity index (χ1) is 8.61. The van der Waals surface area contributed by atoms with Gasteiger partial charge in [0.25, 0.3) is 0 Å².